The Hall–Kier alpha value is -2.49. The van der Waals surface area contributed by atoms with Crippen molar-refractivity contribution in [1.82, 2.24) is 4.31 Å². The Kier molecular flexibility index (Phi) is 4.46. The molecule has 0 N–H and O–H groups in total. The van der Waals surface area contributed by atoms with Crippen LogP contribution < -0.4 is 9.68 Å². The molecule has 1 heterocycles. The first-order valence-electron chi connectivity index (χ1n) is 7.06. The van der Waals surface area contributed by atoms with Crippen molar-refractivity contribution in [2.24, 2.45) is 0 Å². The zero-order chi connectivity index (χ0) is 18.2. The monoisotopic (exact) mass is 379 g/mol. The van der Waals surface area contributed by atoms with Crippen molar-refractivity contribution in [3.05, 3.63) is 57.8 Å². The molecule has 0 radical (unpaired) electrons. The predicted octanol–water partition coefficient (Wildman–Crippen LogP) is 2.32. The predicted molar refractivity (Wildman–Crippen MR) is 92.6 cm³/mol. The maximum atomic E-state index is 12.2. The highest BCUT2D eigenvalue weighted by Crippen LogP contribution is 2.23. The van der Waals surface area contributed by atoms with Gasteiger partial charge >= 0.3 is 10.9 Å². The van der Waals surface area contributed by atoms with Gasteiger partial charge in [0.25, 0.3) is 0 Å². The molecule has 0 aliphatic carbocycles. The van der Waals surface area contributed by atoms with E-state index in [4.69, 9.17) is 9.15 Å². The zero-order valence-corrected chi connectivity index (χ0v) is 14.9. The number of nitrogens with zero attached hydrogens (tertiary/aromatic N) is 1. The lowest BCUT2D eigenvalue weighted by Gasteiger charge is -2.11. The second-order valence-corrected chi connectivity index (χ2v) is 8.39. The first-order chi connectivity index (χ1) is 11.8. The van der Waals surface area contributed by atoms with Crippen LogP contribution in [0.4, 0.5) is 0 Å². The Bertz CT molecular complexity index is 1090. The summed E-state index contributed by atoms with van der Waals surface area (Å²) in [6.45, 7) is 0. The number of ether oxygens (including phenoxy) is 1. The zero-order valence-electron chi connectivity index (χ0n) is 13.3. The minimum absolute atomic E-state index is 0.0792. The van der Waals surface area contributed by atoms with Crippen LogP contribution in [-0.4, -0.2) is 32.8 Å². The second kappa shape index (κ2) is 6.43. The Balaban J connectivity index is 1.81. The summed E-state index contributed by atoms with van der Waals surface area (Å²) in [5, 5.41) is 0. The third-order valence-electron chi connectivity index (χ3n) is 3.38. The van der Waals surface area contributed by atoms with Crippen molar-refractivity contribution in [3.63, 3.8) is 0 Å². The van der Waals surface area contributed by atoms with Gasteiger partial charge in [0.1, 0.15) is 5.75 Å². The third kappa shape index (κ3) is 3.48. The largest absolute Gasteiger partial charge is 0.423 e. The van der Waals surface area contributed by atoms with Gasteiger partial charge in [0, 0.05) is 20.2 Å². The highest BCUT2D eigenvalue weighted by atomic mass is 32.2. The molecule has 1 aromatic heterocycles. The molecule has 0 unspecified atom stereocenters. The van der Waals surface area contributed by atoms with Crippen LogP contribution >= 0.6 is 11.3 Å². The summed E-state index contributed by atoms with van der Waals surface area (Å²) >= 11 is 0.959. The number of benzene rings is 2. The van der Waals surface area contributed by atoms with Gasteiger partial charge in [-0.15, -0.1) is 0 Å². The highest BCUT2D eigenvalue weighted by molar-refractivity contribution is 7.89. The highest BCUT2D eigenvalue weighted by Gasteiger charge is 2.18. The summed E-state index contributed by atoms with van der Waals surface area (Å²) in [5.41, 5.74) is 0.539. The number of esters is 1. The molecule has 0 aliphatic rings. The molecule has 0 saturated carbocycles. The summed E-state index contributed by atoms with van der Waals surface area (Å²) in [6.07, 6.45) is 0. The summed E-state index contributed by atoms with van der Waals surface area (Å²) in [7, 11) is -0.706. The van der Waals surface area contributed by atoms with Crippen LogP contribution in [0.25, 0.3) is 10.3 Å². The molecule has 0 aliphatic heterocycles. The minimum atomic E-state index is -3.56. The Morgan fingerprint density at radius 3 is 2.44 bits per heavy atom. The second-order valence-electron chi connectivity index (χ2n) is 5.26. The first kappa shape index (κ1) is 17.3. The lowest BCUT2D eigenvalue weighted by molar-refractivity contribution is 0.0735. The van der Waals surface area contributed by atoms with E-state index in [2.05, 4.69) is 0 Å². The number of hydrogen-bond donors (Lipinski definition) is 0. The SMILES string of the molecule is CN(C)S(=O)(=O)c1ccc(C(=O)Oc2ccc3sc(=O)oc3c2)cc1. The normalized spacial score (nSPS) is 11.8. The van der Waals surface area contributed by atoms with Crippen LogP contribution in [0, 0.1) is 0 Å². The van der Waals surface area contributed by atoms with E-state index in [0.29, 0.717) is 10.3 Å². The number of fused-ring (bicyclic) bond motifs is 1. The van der Waals surface area contributed by atoms with Crippen LogP contribution in [0.3, 0.4) is 0 Å². The summed E-state index contributed by atoms with van der Waals surface area (Å²) < 4.78 is 36.0. The number of carbonyl (C=O) groups excluding carboxylic acids is 1. The molecule has 0 fully saturated rings. The van der Waals surface area contributed by atoms with Crippen LogP contribution in [-0.2, 0) is 10.0 Å². The molecule has 130 valence electrons. The molecule has 0 atom stereocenters. The van der Waals surface area contributed by atoms with E-state index in [1.807, 2.05) is 0 Å². The molecule has 2 aromatic carbocycles. The molecule has 0 amide bonds. The lowest BCUT2D eigenvalue weighted by atomic mass is 10.2. The van der Waals surface area contributed by atoms with Crippen molar-refractivity contribution in [3.8, 4) is 5.75 Å². The van der Waals surface area contributed by atoms with Crippen LogP contribution in [0.2, 0.25) is 0 Å². The van der Waals surface area contributed by atoms with E-state index in [9.17, 15) is 18.0 Å². The van der Waals surface area contributed by atoms with Crippen LogP contribution in [0.15, 0.2) is 56.6 Å². The van der Waals surface area contributed by atoms with Crippen LogP contribution in [0.5, 0.6) is 5.75 Å². The van der Waals surface area contributed by atoms with E-state index in [-0.39, 0.29) is 16.2 Å². The van der Waals surface area contributed by atoms with Crippen molar-refractivity contribution in [1.29, 1.82) is 0 Å². The van der Waals surface area contributed by atoms with E-state index in [0.717, 1.165) is 15.6 Å². The molecule has 3 rings (SSSR count). The topological polar surface area (TPSA) is 93.9 Å². The molecule has 0 bridgehead atoms. The van der Waals surface area contributed by atoms with Gasteiger partial charge in [-0.3, -0.25) is 0 Å². The molecule has 0 spiro atoms. The molecular formula is C16H13NO6S2. The summed E-state index contributed by atoms with van der Waals surface area (Å²) in [6, 6.07) is 10.1. The van der Waals surface area contributed by atoms with E-state index in [1.54, 1.807) is 12.1 Å². The molecular weight excluding hydrogens is 366 g/mol. The van der Waals surface area contributed by atoms with Gasteiger partial charge in [0.15, 0.2) is 5.58 Å². The first-order valence-corrected chi connectivity index (χ1v) is 9.31. The molecule has 9 heteroatoms. The smallest absolute Gasteiger partial charge is 0.396 e. The Morgan fingerprint density at radius 2 is 1.80 bits per heavy atom. The van der Waals surface area contributed by atoms with Crippen molar-refractivity contribution >= 4 is 37.6 Å². The van der Waals surface area contributed by atoms with Crippen molar-refractivity contribution in [2.45, 2.75) is 4.90 Å². The van der Waals surface area contributed by atoms with Gasteiger partial charge in [-0.2, -0.15) is 0 Å². The maximum absolute atomic E-state index is 12.2. The fraction of sp³-hybridized carbons (Fsp3) is 0.125. The lowest BCUT2D eigenvalue weighted by Crippen LogP contribution is -2.22. The van der Waals surface area contributed by atoms with Gasteiger partial charge in [-0.25, -0.2) is 22.3 Å². The standard InChI is InChI=1S/C16H13NO6S2/c1-17(2)25(20,21)12-6-3-10(4-7-12)15(18)22-11-5-8-14-13(9-11)23-16(19)24-14/h3-9H,1-2H3. The van der Waals surface area contributed by atoms with Gasteiger partial charge in [0.05, 0.1) is 15.2 Å². The summed E-state index contributed by atoms with van der Waals surface area (Å²) in [5.74, 6) is -0.422. The molecule has 7 nitrogen and oxygen atoms in total. The van der Waals surface area contributed by atoms with Gasteiger partial charge in [-0.1, -0.05) is 11.3 Å². The van der Waals surface area contributed by atoms with Crippen LogP contribution in [0.1, 0.15) is 10.4 Å². The van der Waals surface area contributed by atoms with E-state index in [1.165, 1.54) is 44.4 Å². The van der Waals surface area contributed by atoms with E-state index < -0.39 is 20.9 Å². The Labute approximate surface area is 147 Å². The average molecular weight is 379 g/mol. The molecule has 25 heavy (non-hydrogen) atoms. The number of sulfonamides is 1. The fourth-order valence-corrected chi connectivity index (χ4v) is 3.61. The molecule has 0 saturated heterocycles. The average Bonchev–Trinajstić information content (AvgIpc) is 2.94. The van der Waals surface area contributed by atoms with Crippen molar-refractivity contribution in [2.75, 3.05) is 14.1 Å². The Morgan fingerprint density at radius 1 is 1.12 bits per heavy atom. The van der Waals surface area contributed by atoms with Crippen molar-refractivity contribution < 1.29 is 22.4 Å². The van der Waals surface area contributed by atoms with Gasteiger partial charge in [0.2, 0.25) is 10.0 Å². The van der Waals surface area contributed by atoms with Gasteiger partial charge < -0.3 is 9.15 Å². The summed E-state index contributed by atoms with van der Waals surface area (Å²) in [4.78, 5) is 23.0. The number of rotatable bonds is 4. The third-order valence-corrected chi connectivity index (χ3v) is 6.02. The molecule has 3 aromatic rings. The maximum Gasteiger partial charge on any atom is 0.396 e. The number of carbonyl (C=O) groups is 1. The minimum Gasteiger partial charge on any atom is -0.423 e. The fourth-order valence-electron chi connectivity index (χ4n) is 2.06. The quantitative estimate of drug-likeness (QED) is 0.510. The van der Waals surface area contributed by atoms with Gasteiger partial charge in [-0.05, 0) is 36.4 Å². The van der Waals surface area contributed by atoms with E-state index >= 15 is 0 Å². The number of hydrogen-bond acceptors (Lipinski definition) is 7.